The number of imidazole rings is 1. The van der Waals surface area contributed by atoms with Crippen molar-refractivity contribution in [2.45, 2.75) is 39.3 Å². The van der Waals surface area contributed by atoms with Gasteiger partial charge in [-0.2, -0.15) is 0 Å². The Hall–Kier alpha value is -1.36. The minimum Gasteiger partial charge on any atom is -0.355 e. The van der Waals surface area contributed by atoms with Gasteiger partial charge in [0.25, 0.3) is 0 Å². The average molecular weight is 250 g/mol. The van der Waals surface area contributed by atoms with Gasteiger partial charge in [0, 0.05) is 37.8 Å². The molecule has 1 aliphatic carbocycles. The molecule has 1 fully saturated rings. The molecule has 0 bridgehead atoms. The van der Waals surface area contributed by atoms with E-state index in [1.807, 2.05) is 12.5 Å². The summed E-state index contributed by atoms with van der Waals surface area (Å²) in [6.07, 6.45) is 5.87. The Kier molecular flexibility index (Phi) is 4.36. The van der Waals surface area contributed by atoms with E-state index in [9.17, 15) is 4.79 Å². The van der Waals surface area contributed by atoms with E-state index in [2.05, 4.69) is 34.0 Å². The lowest BCUT2D eigenvalue weighted by molar-refractivity contribution is -0.122. The van der Waals surface area contributed by atoms with Crippen LogP contribution >= 0.6 is 0 Å². The number of hydrogen-bond donors (Lipinski definition) is 2. The number of nitrogens with one attached hydrogen (secondary N) is 2. The fourth-order valence-corrected chi connectivity index (χ4v) is 1.91. The smallest absolute Gasteiger partial charge is 0.223 e. The van der Waals surface area contributed by atoms with Gasteiger partial charge in [0.2, 0.25) is 5.91 Å². The molecule has 1 aromatic heterocycles. The first-order valence-corrected chi connectivity index (χ1v) is 6.67. The van der Waals surface area contributed by atoms with Crippen LogP contribution in [0.15, 0.2) is 12.5 Å². The van der Waals surface area contributed by atoms with E-state index in [1.165, 1.54) is 5.69 Å². The second-order valence-electron chi connectivity index (χ2n) is 5.13. The molecule has 0 spiro atoms. The number of carbonyl (C=O) groups excluding carboxylic acids is 1. The van der Waals surface area contributed by atoms with E-state index in [0.29, 0.717) is 18.5 Å². The second kappa shape index (κ2) is 6.00. The molecule has 0 atom stereocenters. The minimum atomic E-state index is 0.212. The molecule has 0 aliphatic heterocycles. The van der Waals surface area contributed by atoms with Crippen molar-refractivity contribution in [3.05, 3.63) is 18.2 Å². The molecule has 0 radical (unpaired) electrons. The summed E-state index contributed by atoms with van der Waals surface area (Å²) >= 11 is 0. The first-order valence-electron chi connectivity index (χ1n) is 6.67. The summed E-state index contributed by atoms with van der Waals surface area (Å²) in [6.45, 7) is 6.56. The second-order valence-corrected chi connectivity index (χ2v) is 5.13. The molecule has 5 nitrogen and oxygen atoms in total. The maximum Gasteiger partial charge on any atom is 0.223 e. The van der Waals surface area contributed by atoms with Crippen molar-refractivity contribution in [1.82, 2.24) is 20.2 Å². The molecule has 0 saturated heterocycles. The van der Waals surface area contributed by atoms with Crippen molar-refractivity contribution in [3.8, 4) is 0 Å². The molecule has 1 saturated carbocycles. The molecule has 1 aliphatic rings. The maximum atomic E-state index is 11.4. The predicted octanol–water partition coefficient (Wildman–Crippen LogP) is 1.08. The number of carbonyl (C=O) groups is 1. The summed E-state index contributed by atoms with van der Waals surface area (Å²) in [4.78, 5) is 15.5. The zero-order chi connectivity index (χ0) is 13.0. The van der Waals surface area contributed by atoms with Gasteiger partial charge in [0.05, 0.1) is 12.0 Å². The van der Waals surface area contributed by atoms with Crippen molar-refractivity contribution in [2.24, 2.45) is 5.92 Å². The highest BCUT2D eigenvalue weighted by atomic mass is 16.2. The minimum absolute atomic E-state index is 0.212. The molecule has 0 unspecified atom stereocenters. The van der Waals surface area contributed by atoms with Crippen molar-refractivity contribution in [2.75, 3.05) is 13.1 Å². The fraction of sp³-hybridized carbons (Fsp3) is 0.692. The zero-order valence-electron chi connectivity index (χ0n) is 11.1. The van der Waals surface area contributed by atoms with Crippen LogP contribution < -0.4 is 10.6 Å². The van der Waals surface area contributed by atoms with Crippen LogP contribution in [0.1, 0.15) is 38.4 Å². The molecule has 5 heteroatoms. The third-order valence-electron chi connectivity index (χ3n) is 3.16. The van der Waals surface area contributed by atoms with Crippen molar-refractivity contribution < 1.29 is 4.79 Å². The van der Waals surface area contributed by atoms with Crippen LogP contribution in [-0.4, -0.2) is 28.5 Å². The van der Waals surface area contributed by atoms with Gasteiger partial charge in [-0.3, -0.25) is 4.79 Å². The van der Waals surface area contributed by atoms with Crippen LogP contribution in [0.3, 0.4) is 0 Å². The van der Waals surface area contributed by atoms with Gasteiger partial charge in [-0.1, -0.05) is 0 Å². The van der Waals surface area contributed by atoms with Gasteiger partial charge >= 0.3 is 0 Å². The summed E-state index contributed by atoms with van der Waals surface area (Å²) in [5.74, 6) is 0.511. The van der Waals surface area contributed by atoms with E-state index >= 15 is 0 Å². The molecule has 2 rings (SSSR count). The molecule has 18 heavy (non-hydrogen) atoms. The summed E-state index contributed by atoms with van der Waals surface area (Å²) in [5.41, 5.74) is 1.18. The molecule has 2 N–H and O–H groups in total. The highest BCUT2D eigenvalue weighted by molar-refractivity contribution is 5.80. The van der Waals surface area contributed by atoms with Crippen LogP contribution in [-0.2, 0) is 11.3 Å². The molecule has 0 aromatic carbocycles. The Labute approximate surface area is 108 Å². The van der Waals surface area contributed by atoms with Gasteiger partial charge < -0.3 is 15.2 Å². The molecule has 1 amide bonds. The van der Waals surface area contributed by atoms with Crippen LogP contribution in [0.4, 0.5) is 0 Å². The maximum absolute atomic E-state index is 11.4. The summed E-state index contributed by atoms with van der Waals surface area (Å²) in [6, 6.07) is 0.430. The largest absolute Gasteiger partial charge is 0.355 e. The van der Waals surface area contributed by atoms with Gasteiger partial charge in [0.15, 0.2) is 0 Å². The number of rotatable bonds is 7. The third-order valence-corrected chi connectivity index (χ3v) is 3.16. The lowest BCUT2D eigenvalue weighted by Gasteiger charge is -2.12. The van der Waals surface area contributed by atoms with E-state index in [4.69, 9.17) is 0 Å². The van der Waals surface area contributed by atoms with Gasteiger partial charge in [-0.05, 0) is 26.7 Å². The lowest BCUT2D eigenvalue weighted by Crippen LogP contribution is -2.32. The molecule has 1 aromatic rings. The average Bonchev–Trinajstić information content (AvgIpc) is 3.08. The van der Waals surface area contributed by atoms with E-state index in [-0.39, 0.29) is 5.91 Å². The zero-order valence-corrected chi connectivity index (χ0v) is 11.1. The van der Waals surface area contributed by atoms with E-state index in [0.717, 1.165) is 25.9 Å². The summed E-state index contributed by atoms with van der Waals surface area (Å²) < 4.78 is 2.15. The highest BCUT2D eigenvalue weighted by Gasteiger charge is 2.28. The van der Waals surface area contributed by atoms with E-state index in [1.54, 1.807) is 0 Å². The lowest BCUT2D eigenvalue weighted by atomic mass is 10.3. The Balaban J connectivity index is 1.62. The van der Waals surface area contributed by atoms with Gasteiger partial charge in [-0.25, -0.2) is 4.98 Å². The molecular formula is C13H22N4O. The molecule has 1 heterocycles. The van der Waals surface area contributed by atoms with Crippen molar-refractivity contribution >= 4 is 5.91 Å². The summed E-state index contributed by atoms with van der Waals surface area (Å²) in [5, 5.41) is 6.26. The van der Waals surface area contributed by atoms with Crippen LogP contribution in [0, 0.1) is 5.92 Å². The first kappa shape index (κ1) is 13.1. The first-order chi connectivity index (χ1) is 8.68. The Bertz CT molecular complexity index is 395. The quantitative estimate of drug-likeness (QED) is 0.712. The Morgan fingerprint density at radius 1 is 1.50 bits per heavy atom. The molecular weight excluding hydrogens is 228 g/mol. The molecule has 100 valence electrons. The Morgan fingerprint density at radius 2 is 2.28 bits per heavy atom. The number of amides is 1. The van der Waals surface area contributed by atoms with Crippen LogP contribution in [0.5, 0.6) is 0 Å². The third kappa shape index (κ3) is 3.57. The normalized spacial score (nSPS) is 15.1. The summed E-state index contributed by atoms with van der Waals surface area (Å²) in [7, 11) is 0. The predicted molar refractivity (Wildman–Crippen MR) is 70.1 cm³/mol. The fourth-order valence-electron chi connectivity index (χ4n) is 1.91. The van der Waals surface area contributed by atoms with Crippen LogP contribution in [0.2, 0.25) is 0 Å². The highest BCUT2D eigenvalue weighted by Crippen LogP contribution is 2.28. The van der Waals surface area contributed by atoms with Crippen LogP contribution in [0.25, 0.3) is 0 Å². The Morgan fingerprint density at radius 3 is 2.94 bits per heavy atom. The van der Waals surface area contributed by atoms with Crippen molar-refractivity contribution in [1.29, 1.82) is 0 Å². The van der Waals surface area contributed by atoms with Crippen molar-refractivity contribution in [3.63, 3.8) is 0 Å². The monoisotopic (exact) mass is 250 g/mol. The standard InChI is InChI=1S/C13H22N4O/c1-10(2)17-9-15-8-12(17)7-14-5-6-16-13(18)11-3-4-11/h8-11,14H,3-7H2,1-2H3,(H,16,18). The van der Waals surface area contributed by atoms with E-state index < -0.39 is 0 Å². The topological polar surface area (TPSA) is 59.0 Å². The number of nitrogens with zero attached hydrogens (tertiary/aromatic N) is 2. The van der Waals surface area contributed by atoms with Gasteiger partial charge in [-0.15, -0.1) is 0 Å². The SMILES string of the molecule is CC(C)n1cncc1CNCCNC(=O)C1CC1. The number of aromatic nitrogens is 2. The van der Waals surface area contributed by atoms with Gasteiger partial charge in [0.1, 0.15) is 0 Å². The number of hydrogen-bond acceptors (Lipinski definition) is 3.